The molecule has 0 saturated carbocycles. The number of pyridine rings is 1. The molecule has 1 N–H and O–H groups in total. The number of thiazole rings is 1. The highest BCUT2D eigenvalue weighted by Gasteiger charge is 2.34. The summed E-state index contributed by atoms with van der Waals surface area (Å²) < 4.78 is 37.7. The van der Waals surface area contributed by atoms with Crippen molar-refractivity contribution >= 4 is 27.3 Å². The first-order chi connectivity index (χ1) is 8.38. The molecule has 1 atom stereocenters. The summed E-state index contributed by atoms with van der Waals surface area (Å²) in [5.74, 6) is 0. The number of alkyl halides is 3. The van der Waals surface area contributed by atoms with E-state index in [4.69, 9.17) is 0 Å². The molecule has 2 aromatic heterocycles. The first kappa shape index (κ1) is 13.4. The molecule has 3 nitrogen and oxygen atoms in total. The number of hydrogen-bond donors (Lipinski definition) is 1. The van der Waals surface area contributed by atoms with Crippen LogP contribution >= 0.6 is 27.3 Å². The molecular formula is C10H6BrF3N2OS. The smallest absolute Gasteiger partial charge is 0.380 e. The molecule has 0 aliphatic heterocycles. The van der Waals surface area contributed by atoms with E-state index >= 15 is 0 Å². The molecule has 96 valence electrons. The van der Waals surface area contributed by atoms with Crippen molar-refractivity contribution in [3.8, 4) is 0 Å². The Bertz CT molecular complexity index is 558. The second kappa shape index (κ2) is 4.94. The number of rotatable bonds is 2. The van der Waals surface area contributed by atoms with Crippen LogP contribution in [0.5, 0.6) is 0 Å². The lowest BCUT2D eigenvalue weighted by molar-refractivity contribution is -0.134. The topological polar surface area (TPSA) is 46.0 Å². The van der Waals surface area contributed by atoms with Crippen molar-refractivity contribution < 1.29 is 18.3 Å². The van der Waals surface area contributed by atoms with Gasteiger partial charge >= 0.3 is 6.18 Å². The molecule has 2 rings (SSSR count). The van der Waals surface area contributed by atoms with Gasteiger partial charge in [-0.2, -0.15) is 13.2 Å². The summed E-state index contributed by atoms with van der Waals surface area (Å²) >= 11 is 3.53. The van der Waals surface area contributed by atoms with Gasteiger partial charge in [0, 0.05) is 0 Å². The van der Waals surface area contributed by atoms with Crippen LogP contribution in [0.15, 0.2) is 29.0 Å². The fraction of sp³-hybridized carbons (Fsp3) is 0.200. The molecule has 8 heteroatoms. The van der Waals surface area contributed by atoms with Crippen LogP contribution < -0.4 is 0 Å². The van der Waals surface area contributed by atoms with E-state index in [1.54, 1.807) is 12.1 Å². The van der Waals surface area contributed by atoms with E-state index in [9.17, 15) is 18.3 Å². The normalized spacial score (nSPS) is 13.6. The van der Waals surface area contributed by atoms with Gasteiger partial charge in [0.25, 0.3) is 0 Å². The van der Waals surface area contributed by atoms with E-state index in [0.29, 0.717) is 22.1 Å². The van der Waals surface area contributed by atoms with E-state index in [1.165, 1.54) is 6.07 Å². The van der Waals surface area contributed by atoms with Gasteiger partial charge in [-0.3, -0.25) is 0 Å². The van der Waals surface area contributed by atoms with Gasteiger partial charge in [-0.05, 0) is 28.1 Å². The predicted octanol–water partition coefficient (Wildman–Crippen LogP) is 3.40. The maximum absolute atomic E-state index is 12.4. The van der Waals surface area contributed by atoms with Gasteiger partial charge in [0.05, 0.1) is 11.9 Å². The van der Waals surface area contributed by atoms with E-state index in [1.807, 2.05) is 0 Å². The number of aliphatic hydroxyl groups excluding tert-OH is 1. The van der Waals surface area contributed by atoms with Gasteiger partial charge in [-0.15, -0.1) is 11.3 Å². The molecule has 1 unspecified atom stereocenters. The number of aromatic nitrogens is 2. The van der Waals surface area contributed by atoms with Crippen molar-refractivity contribution in [3.05, 3.63) is 44.6 Å². The number of hydrogen-bond acceptors (Lipinski definition) is 4. The Hall–Kier alpha value is -0.990. The van der Waals surface area contributed by atoms with Crippen molar-refractivity contribution in [2.75, 3.05) is 0 Å². The molecule has 0 amide bonds. The molecule has 0 radical (unpaired) electrons. The molecular weight excluding hydrogens is 333 g/mol. The fourth-order valence-electron chi connectivity index (χ4n) is 1.25. The Morgan fingerprint density at radius 3 is 2.61 bits per heavy atom. The summed E-state index contributed by atoms with van der Waals surface area (Å²) in [5.41, 5.74) is 0.243. The minimum absolute atomic E-state index is 0.0343. The number of aliphatic hydroxyl groups is 1. The average molecular weight is 339 g/mol. The molecule has 0 spiro atoms. The van der Waals surface area contributed by atoms with Crippen molar-refractivity contribution in [3.63, 3.8) is 0 Å². The average Bonchev–Trinajstić information content (AvgIpc) is 2.77. The predicted molar refractivity (Wildman–Crippen MR) is 63.1 cm³/mol. The second-order valence-electron chi connectivity index (χ2n) is 3.35. The molecule has 0 bridgehead atoms. The Kier molecular flexibility index (Phi) is 3.69. The van der Waals surface area contributed by atoms with Crippen LogP contribution in [-0.2, 0) is 6.18 Å². The lowest BCUT2D eigenvalue weighted by Crippen LogP contribution is -2.02. The summed E-state index contributed by atoms with van der Waals surface area (Å²) in [5, 5.41) is 9.86. The van der Waals surface area contributed by atoms with Crippen LogP contribution in [0.2, 0.25) is 0 Å². The Morgan fingerprint density at radius 1 is 1.33 bits per heavy atom. The Labute approximate surface area is 112 Å². The third kappa shape index (κ3) is 2.88. The van der Waals surface area contributed by atoms with Crippen LogP contribution in [-0.4, -0.2) is 15.1 Å². The molecule has 2 heterocycles. The summed E-state index contributed by atoms with van der Waals surface area (Å²) in [7, 11) is 0. The molecule has 2 aromatic rings. The van der Waals surface area contributed by atoms with E-state index < -0.39 is 17.2 Å². The maximum atomic E-state index is 12.4. The van der Waals surface area contributed by atoms with Gasteiger partial charge in [-0.25, -0.2) is 9.97 Å². The Morgan fingerprint density at radius 2 is 2.06 bits per heavy atom. The lowest BCUT2D eigenvalue weighted by atomic mass is 10.2. The molecule has 0 aromatic carbocycles. The van der Waals surface area contributed by atoms with Gasteiger partial charge in [0.2, 0.25) is 0 Å². The molecule has 0 fully saturated rings. The quantitative estimate of drug-likeness (QED) is 0.853. The summed E-state index contributed by atoms with van der Waals surface area (Å²) in [6, 6.07) is 4.80. The standard InChI is InChI=1S/C10H6BrF3N2OS/c11-7-3-1-2-5(16-7)8(17)9-15-4-6(18-9)10(12,13)14/h1-4,8,17H. The third-order valence-electron chi connectivity index (χ3n) is 2.05. The van der Waals surface area contributed by atoms with Crippen LogP contribution in [0.3, 0.4) is 0 Å². The van der Waals surface area contributed by atoms with Crippen LogP contribution in [0.1, 0.15) is 21.7 Å². The number of halogens is 4. The zero-order chi connectivity index (χ0) is 13.3. The minimum atomic E-state index is -4.44. The van der Waals surface area contributed by atoms with Crippen molar-refractivity contribution in [2.24, 2.45) is 0 Å². The molecule has 0 aliphatic carbocycles. The zero-order valence-corrected chi connectivity index (χ0v) is 11.1. The first-order valence-electron chi connectivity index (χ1n) is 4.71. The highest BCUT2D eigenvalue weighted by molar-refractivity contribution is 9.10. The lowest BCUT2D eigenvalue weighted by Gasteiger charge is -2.06. The first-order valence-corrected chi connectivity index (χ1v) is 6.32. The van der Waals surface area contributed by atoms with Gasteiger partial charge in [0.1, 0.15) is 20.6 Å². The van der Waals surface area contributed by atoms with Crippen molar-refractivity contribution in [2.45, 2.75) is 12.3 Å². The third-order valence-corrected chi connectivity index (χ3v) is 3.59. The monoisotopic (exact) mass is 338 g/mol. The summed E-state index contributed by atoms with van der Waals surface area (Å²) in [4.78, 5) is 6.71. The van der Waals surface area contributed by atoms with Gasteiger partial charge in [-0.1, -0.05) is 6.07 Å². The summed E-state index contributed by atoms with van der Waals surface area (Å²) in [6.45, 7) is 0. The van der Waals surface area contributed by atoms with Crippen molar-refractivity contribution in [1.29, 1.82) is 0 Å². The van der Waals surface area contributed by atoms with Crippen LogP contribution in [0, 0.1) is 0 Å². The minimum Gasteiger partial charge on any atom is -0.380 e. The van der Waals surface area contributed by atoms with Crippen molar-refractivity contribution in [1.82, 2.24) is 9.97 Å². The van der Waals surface area contributed by atoms with E-state index in [-0.39, 0.29) is 10.7 Å². The van der Waals surface area contributed by atoms with E-state index in [2.05, 4.69) is 25.9 Å². The van der Waals surface area contributed by atoms with Gasteiger partial charge in [0.15, 0.2) is 0 Å². The molecule has 18 heavy (non-hydrogen) atoms. The zero-order valence-electron chi connectivity index (χ0n) is 8.65. The van der Waals surface area contributed by atoms with Gasteiger partial charge < -0.3 is 5.11 Å². The fourth-order valence-corrected chi connectivity index (χ4v) is 2.39. The highest BCUT2D eigenvalue weighted by atomic mass is 79.9. The SMILES string of the molecule is OC(c1cccc(Br)n1)c1ncc(C(F)(F)F)s1. The highest BCUT2D eigenvalue weighted by Crippen LogP contribution is 2.36. The summed E-state index contributed by atoms with van der Waals surface area (Å²) in [6.07, 6.45) is -5.00. The van der Waals surface area contributed by atoms with Crippen LogP contribution in [0.4, 0.5) is 13.2 Å². The second-order valence-corrected chi connectivity index (χ2v) is 5.22. The van der Waals surface area contributed by atoms with E-state index in [0.717, 1.165) is 0 Å². The molecule has 0 saturated heterocycles. The largest absolute Gasteiger partial charge is 0.427 e. The van der Waals surface area contributed by atoms with Crippen LogP contribution in [0.25, 0.3) is 0 Å². The Balaban J connectivity index is 2.29. The number of nitrogens with zero attached hydrogens (tertiary/aromatic N) is 2. The maximum Gasteiger partial charge on any atom is 0.427 e. The molecule has 0 aliphatic rings.